The Balaban J connectivity index is 1.40. The zero-order valence-electron chi connectivity index (χ0n) is 34.8. The second-order valence-electron chi connectivity index (χ2n) is 14.8. The quantitative estimate of drug-likeness (QED) is 0.0709. The number of rotatable bonds is 27. The van der Waals surface area contributed by atoms with Gasteiger partial charge in [0.05, 0.1) is 39.6 Å². The van der Waals surface area contributed by atoms with Gasteiger partial charge in [0.1, 0.15) is 6.61 Å². The number of amides is 2. The van der Waals surface area contributed by atoms with Crippen LogP contribution in [0.2, 0.25) is 0 Å². The molecular formula is C43H69ClN4O6S. The Morgan fingerprint density at radius 2 is 1.16 bits per heavy atom. The monoisotopic (exact) mass is 804 g/mol. The van der Waals surface area contributed by atoms with Gasteiger partial charge in [-0.25, -0.2) is 0 Å². The Bertz CT molecular complexity index is 1430. The summed E-state index contributed by atoms with van der Waals surface area (Å²) in [6, 6.07) is 13.9. The molecule has 0 aromatic heterocycles. The van der Waals surface area contributed by atoms with Crippen molar-refractivity contribution in [3.8, 4) is 0 Å². The molecule has 310 valence electrons. The Morgan fingerprint density at radius 3 is 1.67 bits per heavy atom. The zero-order valence-corrected chi connectivity index (χ0v) is 36.4. The molecule has 0 atom stereocenters. The van der Waals surface area contributed by atoms with Crippen LogP contribution < -0.4 is 20.4 Å². The standard InChI is InChI=1S/C43H69ClN4O6S/c1-33(2)55(34(3)4)40-30-35(47(5)6)16-18-38(40)37(39-19-17-36(48(7)8)31-41(39)55)14-13-15-42(49)45-21-24-53-28-29-54-32-43(50)46-22-25-52-27-26-51-23-12-10-9-11-20-44/h14,16-19,30-31,33-34H,9-13,15,20-29,32H2,1-8H3,(H,45,49)(H,46,50). The second-order valence-corrected chi connectivity index (χ2v) is 19.4. The van der Waals surface area contributed by atoms with Crippen LogP contribution in [0.15, 0.2) is 52.3 Å². The number of ether oxygens (including phenoxy) is 4. The van der Waals surface area contributed by atoms with Crippen LogP contribution in [0.25, 0.3) is 5.57 Å². The summed E-state index contributed by atoms with van der Waals surface area (Å²) in [7, 11) is 7.01. The topological polar surface area (TPSA) is 102 Å². The molecule has 1 heterocycles. The van der Waals surface area contributed by atoms with E-state index in [4.69, 9.17) is 30.5 Å². The molecule has 0 radical (unpaired) electrons. The molecule has 55 heavy (non-hydrogen) atoms. The Labute approximate surface area is 338 Å². The van der Waals surface area contributed by atoms with Crippen molar-refractivity contribution in [2.75, 3.05) is 110 Å². The van der Waals surface area contributed by atoms with Crippen molar-refractivity contribution < 1.29 is 28.5 Å². The molecule has 0 spiro atoms. The van der Waals surface area contributed by atoms with Gasteiger partial charge in [-0.2, -0.15) is 10.0 Å². The summed E-state index contributed by atoms with van der Waals surface area (Å²) in [6.45, 7) is 13.5. The van der Waals surface area contributed by atoms with E-state index in [0.29, 0.717) is 76.1 Å². The van der Waals surface area contributed by atoms with Crippen LogP contribution in [0.1, 0.15) is 77.3 Å². The van der Waals surface area contributed by atoms with Crippen LogP contribution in [0.5, 0.6) is 0 Å². The number of allylic oxidation sites excluding steroid dienone is 1. The van der Waals surface area contributed by atoms with E-state index in [-0.39, 0.29) is 18.4 Å². The number of hydrogen-bond donors (Lipinski definition) is 2. The van der Waals surface area contributed by atoms with E-state index in [1.165, 1.54) is 37.9 Å². The summed E-state index contributed by atoms with van der Waals surface area (Å²) in [5.74, 6) is 0.514. The van der Waals surface area contributed by atoms with E-state index in [2.05, 4.69) is 119 Å². The Morgan fingerprint density at radius 1 is 0.673 bits per heavy atom. The SMILES string of the molecule is CC(C)S1(C(C)C)c2cc(N(C)C)ccc2C(=CCCC(=O)NCCOCCOCC(=O)NCCOCCOCCCCCCCl)c2ccc(N(C)C)cc21. The molecular weight excluding hydrogens is 736 g/mol. The number of carbonyl (C=O) groups excluding carboxylic acids is 2. The molecule has 0 fully saturated rings. The van der Waals surface area contributed by atoms with Crippen molar-refractivity contribution >= 4 is 50.4 Å². The third kappa shape index (κ3) is 14.0. The van der Waals surface area contributed by atoms with E-state index in [0.717, 1.165) is 38.2 Å². The minimum Gasteiger partial charge on any atom is -0.379 e. The highest BCUT2D eigenvalue weighted by molar-refractivity contribution is 8.34. The number of benzene rings is 2. The number of hydrogen-bond acceptors (Lipinski definition) is 8. The van der Waals surface area contributed by atoms with Gasteiger partial charge in [0.2, 0.25) is 11.8 Å². The van der Waals surface area contributed by atoms with Crippen molar-refractivity contribution in [1.29, 1.82) is 0 Å². The molecule has 2 aromatic rings. The fraction of sp³-hybridized carbons (Fsp3) is 0.628. The minimum absolute atomic E-state index is 0.00905. The van der Waals surface area contributed by atoms with Crippen molar-refractivity contribution in [2.45, 2.75) is 86.5 Å². The third-order valence-corrected chi connectivity index (χ3v) is 15.1. The maximum absolute atomic E-state index is 12.8. The highest BCUT2D eigenvalue weighted by atomic mass is 35.5. The van der Waals surface area contributed by atoms with Crippen LogP contribution >= 0.6 is 21.6 Å². The molecule has 2 aromatic carbocycles. The Hall–Kier alpha value is -2.80. The number of fused-ring (bicyclic) bond motifs is 2. The molecule has 3 rings (SSSR count). The summed E-state index contributed by atoms with van der Waals surface area (Å²) in [5.41, 5.74) is 6.19. The summed E-state index contributed by atoms with van der Waals surface area (Å²) < 4.78 is 22.1. The molecule has 2 N–H and O–H groups in total. The molecule has 0 saturated heterocycles. The molecule has 12 heteroatoms. The molecule has 2 amide bonds. The van der Waals surface area contributed by atoms with Gasteiger partial charge < -0.3 is 39.4 Å². The van der Waals surface area contributed by atoms with Gasteiger partial charge in [0.25, 0.3) is 0 Å². The molecule has 0 aliphatic carbocycles. The maximum atomic E-state index is 12.8. The molecule has 0 bridgehead atoms. The van der Waals surface area contributed by atoms with E-state index >= 15 is 0 Å². The highest BCUT2D eigenvalue weighted by Crippen LogP contribution is 2.74. The lowest BCUT2D eigenvalue weighted by atomic mass is 9.95. The fourth-order valence-corrected chi connectivity index (χ4v) is 12.3. The van der Waals surface area contributed by atoms with E-state index < -0.39 is 10.0 Å². The van der Waals surface area contributed by atoms with Crippen molar-refractivity contribution in [2.24, 2.45) is 0 Å². The largest absolute Gasteiger partial charge is 0.379 e. The van der Waals surface area contributed by atoms with Crippen molar-refractivity contribution in [1.82, 2.24) is 10.6 Å². The zero-order chi connectivity index (χ0) is 40.2. The van der Waals surface area contributed by atoms with Crippen LogP contribution in [0.3, 0.4) is 0 Å². The first-order valence-electron chi connectivity index (χ1n) is 20.0. The smallest absolute Gasteiger partial charge is 0.246 e. The average molecular weight is 806 g/mol. The van der Waals surface area contributed by atoms with Gasteiger partial charge in [-0.3, -0.25) is 9.59 Å². The van der Waals surface area contributed by atoms with Crippen LogP contribution in [-0.4, -0.2) is 122 Å². The first kappa shape index (κ1) is 46.6. The van der Waals surface area contributed by atoms with Gasteiger partial charge in [-0.05, 0) is 70.7 Å². The molecule has 0 saturated carbocycles. The number of alkyl halides is 1. The molecule has 1 aliphatic heterocycles. The van der Waals surface area contributed by atoms with E-state index in [1.807, 2.05) is 0 Å². The van der Waals surface area contributed by atoms with Crippen LogP contribution in [0, 0.1) is 0 Å². The first-order valence-corrected chi connectivity index (χ1v) is 22.3. The van der Waals surface area contributed by atoms with Crippen molar-refractivity contribution in [3.05, 3.63) is 53.6 Å². The number of unbranched alkanes of at least 4 members (excludes halogenated alkanes) is 3. The minimum atomic E-state index is -1.40. The fourth-order valence-electron chi connectivity index (χ4n) is 7.00. The van der Waals surface area contributed by atoms with Gasteiger partial charge in [0, 0.05) is 81.4 Å². The number of nitrogens with zero attached hydrogens (tertiary/aromatic N) is 2. The molecule has 10 nitrogen and oxygen atoms in total. The number of anilines is 2. The summed E-state index contributed by atoms with van der Waals surface area (Å²) in [6.07, 6.45) is 7.64. The van der Waals surface area contributed by atoms with Crippen LogP contribution in [-0.2, 0) is 28.5 Å². The predicted octanol–water partition coefficient (Wildman–Crippen LogP) is 7.48. The van der Waals surface area contributed by atoms with Gasteiger partial charge in [0.15, 0.2) is 0 Å². The van der Waals surface area contributed by atoms with Gasteiger partial charge >= 0.3 is 0 Å². The lowest BCUT2D eigenvalue weighted by Crippen LogP contribution is -2.31. The van der Waals surface area contributed by atoms with Crippen LogP contribution in [0.4, 0.5) is 11.4 Å². The summed E-state index contributed by atoms with van der Waals surface area (Å²) in [5, 5.41) is 6.64. The third-order valence-electron chi connectivity index (χ3n) is 9.76. The first-order chi connectivity index (χ1) is 26.4. The number of carbonyl (C=O) groups is 2. The predicted molar refractivity (Wildman–Crippen MR) is 231 cm³/mol. The maximum Gasteiger partial charge on any atom is 0.246 e. The number of nitrogens with one attached hydrogen (secondary N) is 2. The van der Waals surface area contributed by atoms with Crippen molar-refractivity contribution in [3.63, 3.8) is 0 Å². The van der Waals surface area contributed by atoms with E-state index in [1.54, 1.807) is 0 Å². The van der Waals surface area contributed by atoms with E-state index in [9.17, 15) is 9.59 Å². The normalized spacial score (nSPS) is 13.7. The summed E-state index contributed by atoms with van der Waals surface area (Å²) in [4.78, 5) is 32.1. The summed E-state index contributed by atoms with van der Waals surface area (Å²) >= 11 is 5.68. The number of halogens is 1. The average Bonchev–Trinajstić information content (AvgIpc) is 3.15. The molecule has 0 unspecified atom stereocenters. The highest BCUT2D eigenvalue weighted by Gasteiger charge is 2.43. The lowest BCUT2D eigenvalue weighted by molar-refractivity contribution is -0.126. The lowest BCUT2D eigenvalue weighted by Gasteiger charge is -2.53. The Kier molecular flexibility index (Phi) is 21.0. The van der Waals surface area contributed by atoms with Gasteiger partial charge in [-0.15, -0.1) is 11.6 Å². The molecule has 1 aliphatic rings. The second kappa shape index (κ2) is 24.8. The van der Waals surface area contributed by atoms with Gasteiger partial charge in [-0.1, -0.05) is 58.7 Å².